The summed E-state index contributed by atoms with van der Waals surface area (Å²) < 4.78 is 0. The van der Waals surface area contributed by atoms with Gasteiger partial charge in [0, 0.05) is 5.56 Å². The predicted molar refractivity (Wildman–Crippen MR) is 57.3 cm³/mol. The smallest absolute Gasteiger partial charge is 0.307 e. The van der Waals surface area contributed by atoms with E-state index >= 15 is 0 Å². The van der Waals surface area contributed by atoms with Crippen LogP contribution >= 0.6 is 0 Å². The van der Waals surface area contributed by atoms with Gasteiger partial charge in [-0.15, -0.1) is 0 Å². The molecule has 16 heavy (non-hydrogen) atoms. The van der Waals surface area contributed by atoms with E-state index < -0.39 is 5.97 Å². The van der Waals surface area contributed by atoms with Crippen LogP contribution in [0.3, 0.4) is 0 Å². The fraction of sp³-hybridized carbons (Fsp3) is 0.250. The highest BCUT2D eigenvalue weighted by Crippen LogP contribution is 2.17. The van der Waals surface area contributed by atoms with Gasteiger partial charge in [0.15, 0.2) is 6.29 Å². The van der Waals surface area contributed by atoms with Gasteiger partial charge >= 0.3 is 5.97 Å². The SMILES string of the molecule is CCc1cc(C=O)c(C#N)cc1CC(=O)O. The largest absolute Gasteiger partial charge is 0.481 e. The molecule has 0 unspecified atom stereocenters. The molecule has 0 fully saturated rings. The highest BCUT2D eigenvalue weighted by atomic mass is 16.4. The number of aryl methyl sites for hydroxylation is 1. The number of aldehydes is 1. The second-order valence-corrected chi connectivity index (χ2v) is 3.36. The fourth-order valence-corrected chi connectivity index (χ4v) is 1.56. The second kappa shape index (κ2) is 5.08. The number of benzene rings is 1. The zero-order valence-corrected chi connectivity index (χ0v) is 8.86. The molecular formula is C12H11NO3. The average molecular weight is 217 g/mol. The van der Waals surface area contributed by atoms with Gasteiger partial charge < -0.3 is 5.11 Å². The molecule has 0 aliphatic carbocycles. The van der Waals surface area contributed by atoms with Gasteiger partial charge in [0.25, 0.3) is 0 Å². The minimum absolute atomic E-state index is 0.128. The fourth-order valence-electron chi connectivity index (χ4n) is 1.56. The van der Waals surface area contributed by atoms with Crippen LogP contribution in [-0.4, -0.2) is 17.4 Å². The number of carboxylic acids is 1. The summed E-state index contributed by atoms with van der Waals surface area (Å²) in [6.07, 6.45) is 1.12. The van der Waals surface area contributed by atoms with E-state index in [1.165, 1.54) is 6.07 Å². The summed E-state index contributed by atoms with van der Waals surface area (Å²) in [5.74, 6) is -0.947. The summed E-state index contributed by atoms with van der Waals surface area (Å²) in [6, 6.07) is 4.96. The molecule has 0 saturated heterocycles. The molecule has 0 heterocycles. The molecule has 0 spiro atoms. The van der Waals surface area contributed by atoms with Crippen molar-refractivity contribution in [2.75, 3.05) is 0 Å². The summed E-state index contributed by atoms with van der Waals surface area (Å²) in [4.78, 5) is 21.4. The molecule has 82 valence electrons. The number of aliphatic carboxylic acids is 1. The van der Waals surface area contributed by atoms with Crippen LogP contribution in [0, 0.1) is 11.3 Å². The number of hydrogen-bond donors (Lipinski definition) is 1. The molecule has 0 saturated carbocycles. The number of hydrogen-bond acceptors (Lipinski definition) is 3. The van der Waals surface area contributed by atoms with E-state index in [1.807, 2.05) is 13.0 Å². The van der Waals surface area contributed by atoms with Gasteiger partial charge in [-0.1, -0.05) is 6.92 Å². The molecule has 0 aliphatic rings. The second-order valence-electron chi connectivity index (χ2n) is 3.36. The van der Waals surface area contributed by atoms with Crippen LogP contribution in [0.2, 0.25) is 0 Å². The van der Waals surface area contributed by atoms with Gasteiger partial charge in [0.05, 0.1) is 18.1 Å². The molecule has 1 N–H and O–H groups in total. The molecule has 0 radical (unpaired) electrons. The van der Waals surface area contributed by atoms with Gasteiger partial charge in [-0.25, -0.2) is 0 Å². The third kappa shape index (κ3) is 2.45. The monoisotopic (exact) mass is 217 g/mol. The molecule has 4 nitrogen and oxygen atoms in total. The molecule has 0 aromatic heterocycles. The van der Waals surface area contributed by atoms with Gasteiger partial charge in [-0.05, 0) is 29.7 Å². The van der Waals surface area contributed by atoms with Crippen LogP contribution in [0.5, 0.6) is 0 Å². The van der Waals surface area contributed by atoms with Crippen molar-refractivity contribution in [2.45, 2.75) is 19.8 Å². The summed E-state index contributed by atoms with van der Waals surface area (Å²) in [6.45, 7) is 1.88. The topological polar surface area (TPSA) is 78.2 Å². The maximum Gasteiger partial charge on any atom is 0.307 e. The molecule has 1 rings (SSSR count). The van der Waals surface area contributed by atoms with Crippen molar-refractivity contribution in [3.63, 3.8) is 0 Å². The Bertz CT molecular complexity index is 472. The molecule has 0 amide bonds. The lowest BCUT2D eigenvalue weighted by Gasteiger charge is -2.07. The average Bonchev–Trinajstić information content (AvgIpc) is 2.27. The Kier molecular flexibility index (Phi) is 3.78. The van der Waals surface area contributed by atoms with Crippen LogP contribution in [0.25, 0.3) is 0 Å². The van der Waals surface area contributed by atoms with Gasteiger partial charge in [0.2, 0.25) is 0 Å². The van der Waals surface area contributed by atoms with Crippen molar-refractivity contribution in [2.24, 2.45) is 0 Å². The van der Waals surface area contributed by atoms with E-state index in [9.17, 15) is 9.59 Å². The lowest BCUT2D eigenvalue weighted by atomic mass is 9.96. The van der Waals surface area contributed by atoms with Gasteiger partial charge in [-0.3, -0.25) is 9.59 Å². The van der Waals surface area contributed by atoms with Crippen molar-refractivity contribution >= 4 is 12.3 Å². The Morgan fingerprint density at radius 2 is 2.19 bits per heavy atom. The third-order valence-corrected chi connectivity index (χ3v) is 2.34. The molecule has 0 aliphatic heterocycles. The maximum atomic E-state index is 10.7. The summed E-state index contributed by atoms with van der Waals surface area (Å²) >= 11 is 0. The standard InChI is InChI=1S/C12H11NO3/c1-2-8-3-11(7-14)10(6-13)4-9(8)5-12(15)16/h3-4,7H,2,5H2,1H3,(H,15,16). The van der Waals surface area contributed by atoms with Crippen molar-refractivity contribution in [3.05, 3.63) is 34.4 Å². The summed E-state index contributed by atoms with van der Waals surface area (Å²) in [5.41, 5.74) is 1.93. The zero-order chi connectivity index (χ0) is 12.1. The Morgan fingerprint density at radius 1 is 1.50 bits per heavy atom. The first kappa shape index (κ1) is 11.9. The Morgan fingerprint density at radius 3 is 2.62 bits per heavy atom. The van der Waals surface area contributed by atoms with Crippen LogP contribution in [0.4, 0.5) is 0 Å². The van der Waals surface area contributed by atoms with E-state index in [1.54, 1.807) is 6.07 Å². The van der Waals surface area contributed by atoms with E-state index in [4.69, 9.17) is 10.4 Å². The van der Waals surface area contributed by atoms with Crippen molar-refractivity contribution < 1.29 is 14.7 Å². The van der Waals surface area contributed by atoms with Crippen molar-refractivity contribution in [3.8, 4) is 6.07 Å². The Balaban J connectivity index is 3.32. The first-order valence-corrected chi connectivity index (χ1v) is 4.85. The number of carboxylic acid groups (broad SMARTS) is 1. The van der Waals surface area contributed by atoms with Crippen LogP contribution in [0.15, 0.2) is 12.1 Å². The maximum absolute atomic E-state index is 10.7. The first-order chi connectivity index (χ1) is 7.62. The minimum atomic E-state index is -0.947. The quantitative estimate of drug-likeness (QED) is 0.776. The summed E-state index contributed by atoms with van der Waals surface area (Å²) in [5, 5.41) is 17.5. The number of rotatable bonds is 4. The predicted octanol–water partition coefficient (Wildman–Crippen LogP) is 1.56. The van der Waals surface area contributed by atoms with Crippen molar-refractivity contribution in [1.82, 2.24) is 0 Å². The molecule has 0 atom stereocenters. The van der Waals surface area contributed by atoms with Gasteiger partial charge in [-0.2, -0.15) is 5.26 Å². The lowest BCUT2D eigenvalue weighted by molar-refractivity contribution is -0.136. The summed E-state index contributed by atoms with van der Waals surface area (Å²) in [7, 11) is 0. The highest BCUT2D eigenvalue weighted by Gasteiger charge is 2.10. The molecule has 0 bridgehead atoms. The minimum Gasteiger partial charge on any atom is -0.481 e. The van der Waals surface area contributed by atoms with Crippen LogP contribution in [0.1, 0.15) is 34.0 Å². The number of carbonyl (C=O) groups is 2. The van der Waals surface area contributed by atoms with E-state index in [0.717, 1.165) is 5.56 Å². The zero-order valence-electron chi connectivity index (χ0n) is 8.86. The number of carbonyl (C=O) groups excluding carboxylic acids is 1. The van der Waals surface area contributed by atoms with Crippen LogP contribution in [-0.2, 0) is 17.6 Å². The Labute approximate surface area is 93.1 Å². The number of nitriles is 1. The normalized spacial score (nSPS) is 9.50. The lowest BCUT2D eigenvalue weighted by Crippen LogP contribution is -2.05. The van der Waals surface area contributed by atoms with E-state index in [2.05, 4.69) is 0 Å². The first-order valence-electron chi connectivity index (χ1n) is 4.85. The Hall–Kier alpha value is -2.15. The number of nitrogens with zero attached hydrogens (tertiary/aromatic N) is 1. The molecule has 4 heteroatoms. The molecular weight excluding hydrogens is 206 g/mol. The van der Waals surface area contributed by atoms with E-state index in [-0.39, 0.29) is 12.0 Å². The van der Waals surface area contributed by atoms with E-state index in [0.29, 0.717) is 23.8 Å². The van der Waals surface area contributed by atoms with Crippen LogP contribution < -0.4 is 0 Å². The molecule has 1 aromatic rings. The molecule has 1 aromatic carbocycles. The highest BCUT2D eigenvalue weighted by molar-refractivity contribution is 5.81. The van der Waals surface area contributed by atoms with Gasteiger partial charge in [0.1, 0.15) is 0 Å². The van der Waals surface area contributed by atoms with Crippen molar-refractivity contribution in [1.29, 1.82) is 5.26 Å². The third-order valence-electron chi connectivity index (χ3n) is 2.34.